The summed E-state index contributed by atoms with van der Waals surface area (Å²) < 4.78 is 0. The minimum atomic E-state index is -0.630. The molecular formula is C15H20N2O2S. The Morgan fingerprint density at radius 3 is 2.40 bits per heavy atom. The molecule has 1 aliphatic heterocycles. The van der Waals surface area contributed by atoms with Gasteiger partial charge in [0, 0.05) is 18.7 Å². The molecule has 5 heteroatoms. The first-order valence-corrected chi connectivity index (χ1v) is 7.17. The quantitative estimate of drug-likeness (QED) is 0.823. The van der Waals surface area contributed by atoms with E-state index in [0.717, 1.165) is 11.1 Å². The number of amides is 1. The molecule has 1 saturated heterocycles. The van der Waals surface area contributed by atoms with Crippen molar-refractivity contribution < 1.29 is 9.90 Å². The molecule has 3 N–H and O–H groups in total. The highest BCUT2D eigenvalue weighted by Crippen LogP contribution is 2.21. The minimum absolute atomic E-state index is 0.101. The lowest BCUT2D eigenvalue weighted by atomic mass is 9.93. The molecule has 4 nitrogen and oxygen atoms in total. The van der Waals surface area contributed by atoms with Gasteiger partial charge in [0.05, 0.1) is 12.0 Å². The molecule has 0 unspecified atom stereocenters. The third-order valence-corrected chi connectivity index (χ3v) is 4.02. The van der Waals surface area contributed by atoms with Crippen LogP contribution in [0.4, 0.5) is 0 Å². The van der Waals surface area contributed by atoms with E-state index in [2.05, 4.69) is 0 Å². The number of carbonyl (C=O) groups is 1. The van der Waals surface area contributed by atoms with E-state index < -0.39 is 5.60 Å². The fraction of sp³-hybridized carbons (Fsp3) is 0.467. The molecule has 2 rings (SSSR count). The highest BCUT2D eigenvalue weighted by atomic mass is 32.1. The lowest BCUT2D eigenvalue weighted by molar-refractivity contribution is -0.134. The van der Waals surface area contributed by atoms with Gasteiger partial charge >= 0.3 is 0 Å². The summed E-state index contributed by atoms with van der Waals surface area (Å²) in [7, 11) is 0. The molecule has 0 atom stereocenters. The average molecular weight is 292 g/mol. The molecule has 108 valence electrons. The molecule has 1 aliphatic rings. The van der Waals surface area contributed by atoms with Crippen molar-refractivity contribution >= 4 is 23.1 Å². The lowest BCUT2D eigenvalue weighted by Gasteiger charge is -2.35. The van der Waals surface area contributed by atoms with Gasteiger partial charge in [0.25, 0.3) is 0 Å². The van der Waals surface area contributed by atoms with E-state index in [9.17, 15) is 9.90 Å². The smallest absolute Gasteiger partial charge is 0.226 e. The predicted octanol–water partition coefficient (Wildman–Crippen LogP) is 1.24. The van der Waals surface area contributed by atoms with Crippen molar-refractivity contribution in [3.63, 3.8) is 0 Å². The molecule has 20 heavy (non-hydrogen) atoms. The summed E-state index contributed by atoms with van der Waals surface area (Å²) in [5.74, 6) is 0.101. The number of likely N-dealkylation sites (tertiary alicyclic amines) is 1. The molecule has 0 radical (unpaired) electrons. The Hall–Kier alpha value is -1.46. The second-order valence-corrected chi connectivity index (χ2v) is 6.06. The van der Waals surface area contributed by atoms with E-state index >= 15 is 0 Å². The highest BCUT2D eigenvalue weighted by molar-refractivity contribution is 7.80. The van der Waals surface area contributed by atoms with Crippen LogP contribution >= 0.6 is 12.2 Å². The van der Waals surface area contributed by atoms with E-state index in [-0.39, 0.29) is 5.91 Å². The first kappa shape index (κ1) is 14.9. The largest absolute Gasteiger partial charge is 0.390 e. The number of aliphatic hydroxyl groups is 1. The van der Waals surface area contributed by atoms with Gasteiger partial charge in [0.15, 0.2) is 0 Å². The SMILES string of the molecule is CC1(O)CCN(C(=O)Cc2ccc(C(N)=S)cc2)CC1. The van der Waals surface area contributed by atoms with Gasteiger partial charge in [-0.1, -0.05) is 36.5 Å². The summed E-state index contributed by atoms with van der Waals surface area (Å²) >= 11 is 4.90. The van der Waals surface area contributed by atoms with E-state index in [1.165, 1.54) is 0 Å². The summed E-state index contributed by atoms with van der Waals surface area (Å²) in [6, 6.07) is 7.44. The van der Waals surface area contributed by atoms with E-state index in [4.69, 9.17) is 18.0 Å². The van der Waals surface area contributed by atoms with E-state index in [1.54, 1.807) is 0 Å². The molecule has 1 aromatic rings. The molecule has 1 amide bonds. The van der Waals surface area contributed by atoms with Gasteiger partial charge in [-0.15, -0.1) is 0 Å². The molecular weight excluding hydrogens is 272 g/mol. The van der Waals surface area contributed by atoms with Gasteiger partial charge in [0.1, 0.15) is 4.99 Å². The van der Waals surface area contributed by atoms with Crippen LogP contribution in [0.2, 0.25) is 0 Å². The zero-order chi connectivity index (χ0) is 14.8. The van der Waals surface area contributed by atoms with Crippen molar-refractivity contribution in [3.05, 3.63) is 35.4 Å². The molecule has 0 saturated carbocycles. The number of hydrogen-bond acceptors (Lipinski definition) is 3. The number of rotatable bonds is 3. The van der Waals surface area contributed by atoms with Crippen molar-refractivity contribution in [1.82, 2.24) is 4.90 Å². The number of nitrogens with two attached hydrogens (primary N) is 1. The molecule has 0 aromatic heterocycles. The maximum absolute atomic E-state index is 12.2. The summed E-state index contributed by atoms with van der Waals surface area (Å²) in [4.78, 5) is 14.4. The van der Waals surface area contributed by atoms with Crippen LogP contribution in [0, 0.1) is 0 Å². The second-order valence-electron chi connectivity index (χ2n) is 5.62. The molecule has 0 bridgehead atoms. The molecule has 1 heterocycles. The van der Waals surface area contributed by atoms with Gasteiger partial charge in [-0.3, -0.25) is 4.79 Å². The van der Waals surface area contributed by atoms with Crippen molar-refractivity contribution in [2.24, 2.45) is 5.73 Å². The van der Waals surface area contributed by atoms with Gasteiger partial charge in [0.2, 0.25) is 5.91 Å². The number of nitrogens with zero attached hydrogens (tertiary/aromatic N) is 1. The lowest BCUT2D eigenvalue weighted by Crippen LogP contribution is -2.45. The molecule has 1 fully saturated rings. The predicted molar refractivity (Wildman–Crippen MR) is 82.5 cm³/mol. The minimum Gasteiger partial charge on any atom is -0.390 e. The summed E-state index contributed by atoms with van der Waals surface area (Å²) in [5.41, 5.74) is 6.67. The van der Waals surface area contributed by atoms with E-state index in [0.29, 0.717) is 37.3 Å². The van der Waals surface area contributed by atoms with Crippen LogP contribution in [-0.4, -0.2) is 39.6 Å². The number of carbonyl (C=O) groups excluding carboxylic acids is 1. The van der Waals surface area contributed by atoms with Crippen molar-refractivity contribution in [1.29, 1.82) is 0 Å². The summed E-state index contributed by atoms with van der Waals surface area (Å²) in [5, 5.41) is 9.88. The van der Waals surface area contributed by atoms with Crippen LogP contribution < -0.4 is 5.73 Å². The first-order valence-electron chi connectivity index (χ1n) is 6.76. The van der Waals surface area contributed by atoms with Crippen molar-refractivity contribution in [3.8, 4) is 0 Å². The zero-order valence-electron chi connectivity index (χ0n) is 11.6. The van der Waals surface area contributed by atoms with Crippen LogP contribution in [0.5, 0.6) is 0 Å². The Morgan fingerprint density at radius 1 is 1.35 bits per heavy atom. The van der Waals surface area contributed by atoms with Crippen LogP contribution in [-0.2, 0) is 11.2 Å². The normalized spacial score (nSPS) is 17.8. The topological polar surface area (TPSA) is 66.6 Å². The Balaban J connectivity index is 1.93. The Bertz CT molecular complexity index is 501. The number of benzene rings is 1. The Labute approximate surface area is 124 Å². The summed E-state index contributed by atoms with van der Waals surface area (Å²) in [6.45, 7) is 3.07. The zero-order valence-corrected chi connectivity index (χ0v) is 12.4. The standard InChI is InChI=1S/C15H20N2O2S/c1-15(19)6-8-17(9-7-15)13(18)10-11-2-4-12(5-3-11)14(16)20/h2-5,19H,6-10H2,1H3,(H2,16,20). The summed E-state index contributed by atoms with van der Waals surface area (Å²) in [6.07, 6.45) is 1.65. The second kappa shape index (κ2) is 5.89. The molecule has 1 aromatic carbocycles. The third kappa shape index (κ3) is 3.77. The van der Waals surface area contributed by atoms with Crippen molar-refractivity contribution in [2.75, 3.05) is 13.1 Å². The van der Waals surface area contributed by atoms with Crippen LogP contribution in [0.25, 0.3) is 0 Å². The number of piperidine rings is 1. The van der Waals surface area contributed by atoms with Gasteiger partial charge in [-0.05, 0) is 25.3 Å². The molecule has 0 spiro atoms. The number of thiocarbonyl (C=S) groups is 1. The van der Waals surface area contributed by atoms with Gasteiger partial charge in [-0.25, -0.2) is 0 Å². The maximum Gasteiger partial charge on any atom is 0.226 e. The van der Waals surface area contributed by atoms with Crippen molar-refractivity contribution in [2.45, 2.75) is 31.8 Å². The van der Waals surface area contributed by atoms with Crippen LogP contribution in [0.3, 0.4) is 0 Å². The fourth-order valence-corrected chi connectivity index (χ4v) is 2.45. The van der Waals surface area contributed by atoms with Crippen LogP contribution in [0.1, 0.15) is 30.9 Å². The third-order valence-electron chi connectivity index (χ3n) is 3.79. The van der Waals surface area contributed by atoms with Gasteiger partial charge in [-0.2, -0.15) is 0 Å². The van der Waals surface area contributed by atoms with Gasteiger partial charge < -0.3 is 15.7 Å². The monoisotopic (exact) mass is 292 g/mol. The highest BCUT2D eigenvalue weighted by Gasteiger charge is 2.29. The Kier molecular flexibility index (Phi) is 4.40. The molecule has 0 aliphatic carbocycles. The maximum atomic E-state index is 12.2. The van der Waals surface area contributed by atoms with Crippen LogP contribution in [0.15, 0.2) is 24.3 Å². The van der Waals surface area contributed by atoms with E-state index in [1.807, 2.05) is 36.1 Å². The number of hydrogen-bond donors (Lipinski definition) is 2. The average Bonchev–Trinajstić information content (AvgIpc) is 2.39. The first-order chi connectivity index (χ1) is 9.37. The Morgan fingerprint density at radius 2 is 1.90 bits per heavy atom. The fourth-order valence-electron chi connectivity index (χ4n) is 2.31.